The first kappa shape index (κ1) is 9.78. The monoisotopic (exact) mass is 177 g/mol. The van der Waals surface area contributed by atoms with Gasteiger partial charge in [0.25, 0.3) is 0 Å². The summed E-state index contributed by atoms with van der Waals surface area (Å²) in [6.45, 7) is 3.99. The summed E-state index contributed by atoms with van der Waals surface area (Å²) >= 11 is 0. The second-order valence-corrected chi connectivity index (χ2v) is 3.10. The van der Waals surface area contributed by atoms with Crippen LogP contribution >= 0.6 is 0 Å². The van der Waals surface area contributed by atoms with Crippen LogP contribution in [0.25, 0.3) is 0 Å². The molecule has 0 amide bonds. The highest BCUT2D eigenvalue weighted by Crippen LogP contribution is 2.07. The Labute approximate surface area is 79.2 Å². The second-order valence-electron chi connectivity index (χ2n) is 3.10. The number of hydrogen-bond donors (Lipinski definition) is 0. The van der Waals surface area contributed by atoms with Crippen molar-refractivity contribution in [3.8, 4) is 0 Å². The van der Waals surface area contributed by atoms with Gasteiger partial charge in [0.05, 0.1) is 5.71 Å². The number of oxime groups is 1. The van der Waals surface area contributed by atoms with E-state index in [4.69, 9.17) is 4.84 Å². The molecule has 0 saturated heterocycles. The second kappa shape index (κ2) is 5.36. The van der Waals surface area contributed by atoms with Crippen LogP contribution in [0.1, 0.15) is 20.3 Å². The summed E-state index contributed by atoms with van der Waals surface area (Å²) in [6, 6.07) is 12.0. The minimum atomic E-state index is 0.319. The van der Waals surface area contributed by atoms with Crippen molar-refractivity contribution >= 4 is 5.71 Å². The molecular weight excluding hydrogens is 162 g/mol. The number of benzene rings is 1. The predicted molar refractivity (Wildman–Crippen MR) is 54.7 cm³/mol. The minimum Gasteiger partial charge on any atom is -0.392 e. The van der Waals surface area contributed by atoms with Crippen LogP contribution in [0.3, 0.4) is 0 Å². The summed E-state index contributed by atoms with van der Waals surface area (Å²) < 4.78 is 0. The van der Waals surface area contributed by atoms with E-state index in [1.165, 1.54) is 0 Å². The Morgan fingerprint density at radius 3 is 1.77 bits per heavy atom. The van der Waals surface area contributed by atoms with Gasteiger partial charge in [-0.15, -0.1) is 0 Å². The largest absolute Gasteiger partial charge is 0.392 e. The van der Waals surface area contributed by atoms with Gasteiger partial charge in [-0.05, 0) is 13.8 Å². The smallest absolute Gasteiger partial charge is 0.130 e. The Bertz CT molecular complexity index is 229. The Balaban J connectivity index is 0.000000132. The van der Waals surface area contributed by atoms with E-state index in [0.717, 1.165) is 12.1 Å². The Morgan fingerprint density at radius 2 is 1.62 bits per heavy atom. The summed E-state index contributed by atoms with van der Waals surface area (Å²) in [6.07, 6.45) is 1.32. The summed E-state index contributed by atoms with van der Waals surface area (Å²) in [5.74, 6) is 0. The van der Waals surface area contributed by atoms with Gasteiger partial charge in [0, 0.05) is 6.42 Å². The summed E-state index contributed by atoms with van der Waals surface area (Å²) in [7, 11) is 0. The van der Waals surface area contributed by atoms with Gasteiger partial charge >= 0.3 is 0 Å². The predicted octanol–water partition coefficient (Wildman–Crippen LogP) is 2.86. The first-order valence-electron chi connectivity index (χ1n) is 4.48. The molecule has 1 aliphatic rings. The van der Waals surface area contributed by atoms with Crippen molar-refractivity contribution in [1.82, 2.24) is 0 Å². The van der Waals surface area contributed by atoms with Crippen LogP contribution in [0.15, 0.2) is 41.6 Å². The zero-order chi connectivity index (χ0) is 9.52. The van der Waals surface area contributed by atoms with Crippen molar-refractivity contribution < 1.29 is 4.84 Å². The van der Waals surface area contributed by atoms with Gasteiger partial charge in [0.1, 0.15) is 6.10 Å². The quantitative estimate of drug-likeness (QED) is 0.597. The van der Waals surface area contributed by atoms with Crippen LogP contribution in [0.4, 0.5) is 0 Å². The van der Waals surface area contributed by atoms with Crippen molar-refractivity contribution in [3.63, 3.8) is 0 Å². The molecule has 0 spiro atoms. The molecule has 2 nitrogen and oxygen atoms in total. The fourth-order valence-corrected chi connectivity index (χ4v) is 1.06. The molecule has 1 aromatic rings. The molecular formula is C11H15NO. The molecule has 0 saturated carbocycles. The van der Waals surface area contributed by atoms with Gasteiger partial charge in [0.2, 0.25) is 0 Å². The lowest BCUT2D eigenvalue weighted by molar-refractivity contribution is 0.0995. The highest BCUT2D eigenvalue weighted by atomic mass is 16.6. The van der Waals surface area contributed by atoms with Crippen LogP contribution in [-0.2, 0) is 4.84 Å². The lowest BCUT2D eigenvalue weighted by atomic mass is 10.2. The van der Waals surface area contributed by atoms with Gasteiger partial charge in [-0.1, -0.05) is 41.6 Å². The van der Waals surface area contributed by atoms with Gasteiger partial charge < -0.3 is 4.84 Å². The minimum absolute atomic E-state index is 0.319. The van der Waals surface area contributed by atoms with Crippen molar-refractivity contribution in [3.05, 3.63) is 36.4 Å². The summed E-state index contributed by atoms with van der Waals surface area (Å²) in [5, 5.41) is 3.73. The normalized spacial score (nSPS) is 19.5. The maximum Gasteiger partial charge on any atom is 0.130 e. The van der Waals surface area contributed by atoms with Crippen molar-refractivity contribution in [2.24, 2.45) is 5.16 Å². The molecule has 2 heteroatoms. The number of nitrogens with zero attached hydrogens (tertiary/aromatic N) is 1. The summed E-state index contributed by atoms with van der Waals surface area (Å²) in [5.41, 5.74) is 1.10. The molecule has 0 bridgehead atoms. The van der Waals surface area contributed by atoms with Crippen LogP contribution in [0, 0.1) is 0 Å². The average molecular weight is 177 g/mol. The third-order valence-electron chi connectivity index (χ3n) is 1.64. The highest BCUT2D eigenvalue weighted by molar-refractivity contribution is 5.82. The van der Waals surface area contributed by atoms with E-state index in [9.17, 15) is 0 Å². The number of rotatable bonds is 0. The zero-order valence-electron chi connectivity index (χ0n) is 8.10. The molecule has 1 atom stereocenters. The molecule has 13 heavy (non-hydrogen) atoms. The van der Waals surface area contributed by atoms with Gasteiger partial charge in [0.15, 0.2) is 0 Å². The van der Waals surface area contributed by atoms with Crippen LogP contribution in [0.5, 0.6) is 0 Å². The molecule has 1 aliphatic heterocycles. The molecule has 0 N–H and O–H groups in total. The standard InChI is InChI=1S/C6H6.C5H9NO/c1-2-4-6-5-3-1;1-4-3-5(2)7-6-4/h1-6H;5H,3H2,1-2H3. The van der Waals surface area contributed by atoms with E-state index < -0.39 is 0 Å². The molecule has 70 valence electrons. The van der Waals surface area contributed by atoms with E-state index in [1.54, 1.807) is 0 Å². The van der Waals surface area contributed by atoms with Gasteiger partial charge in [-0.25, -0.2) is 0 Å². The van der Waals surface area contributed by atoms with Gasteiger partial charge in [-0.3, -0.25) is 0 Å². The van der Waals surface area contributed by atoms with Crippen LogP contribution in [-0.4, -0.2) is 11.8 Å². The third kappa shape index (κ3) is 4.31. The maximum absolute atomic E-state index is 4.85. The van der Waals surface area contributed by atoms with E-state index >= 15 is 0 Å². The molecule has 1 aromatic carbocycles. The SMILES string of the molecule is CC1=NOC(C)C1.c1ccccc1. The fourth-order valence-electron chi connectivity index (χ4n) is 1.06. The first-order valence-corrected chi connectivity index (χ1v) is 4.48. The van der Waals surface area contributed by atoms with Crippen molar-refractivity contribution in [2.75, 3.05) is 0 Å². The zero-order valence-corrected chi connectivity index (χ0v) is 8.10. The van der Waals surface area contributed by atoms with Crippen molar-refractivity contribution in [1.29, 1.82) is 0 Å². The number of hydrogen-bond acceptors (Lipinski definition) is 2. The van der Waals surface area contributed by atoms with E-state index in [2.05, 4.69) is 5.16 Å². The highest BCUT2D eigenvalue weighted by Gasteiger charge is 2.10. The lowest BCUT2D eigenvalue weighted by Gasteiger charge is -1.93. The Hall–Kier alpha value is -1.31. The summed E-state index contributed by atoms with van der Waals surface area (Å²) in [4.78, 5) is 4.85. The topological polar surface area (TPSA) is 21.6 Å². The maximum atomic E-state index is 4.85. The molecule has 1 unspecified atom stereocenters. The molecule has 2 rings (SSSR count). The average Bonchev–Trinajstić information content (AvgIpc) is 2.54. The van der Waals surface area contributed by atoms with E-state index in [0.29, 0.717) is 6.10 Å². The fraction of sp³-hybridized carbons (Fsp3) is 0.364. The molecule has 0 fully saturated rings. The molecule has 0 aliphatic carbocycles. The molecule has 0 radical (unpaired) electrons. The molecule has 1 heterocycles. The first-order chi connectivity index (χ1) is 6.29. The molecule has 0 aromatic heterocycles. The van der Waals surface area contributed by atoms with Crippen LogP contribution in [0.2, 0.25) is 0 Å². The lowest BCUT2D eigenvalue weighted by Crippen LogP contribution is -1.97. The van der Waals surface area contributed by atoms with E-state index in [1.807, 2.05) is 50.2 Å². The van der Waals surface area contributed by atoms with E-state index in [-0.39, 0.29) is 0 Å². The van der Waals surface area contributed by atoms with Crippen LogP contribution < -0.4 is 0 Å². The third-order valence-corrected chi connectivity index (χ3v) is 1.64. The van der Waals surface area contributed by atoms with Gasteiger partial charge in [-0.2, -0.15) is 0 Å². The Morgan fingerprint density at radius 1 is 1.15 bits per heavy atom. The van der Waals surface area contributed by atoms with Crippen molar-refractivity contribution in [2.45, 2.75) is 26.4 Å². The Kier molecular flexibility index (Phi) is 4.03.